The summed E-state index contributed by atoms with van der Waals surface area (Å²) in [6, 6.07) is 10.3. The summed E-state index contributed by atoms with van der Waals surface area (Å²) >= 11 is -0.352. The highest BCUT2D eigenvalue weighted by Crippen LogP contribution is 2.39. The predicted octanol–water partition coefficient (Wildman–Crippen LogP) is 7.85. The minimum atomic E-state index is -5.01. The number of rotatable bonds is 8. The van der Waals surface area contributed by atoms with Gasteiger partial charge in [-0.05, 0) is 59.8 Å². The van der Waals surface area contributed by atoms with E-state index in [0.29, 0.717) is 6.07 Å². The first kappa shape index (κ1) is 29.6. The third-order valence-electron chi connectivity index (χ3n) is 5.02. The van der Waals surface area contributed by atoms with Gasteiger partial charge in [0.25, 0.3) is 0 Å². The van der Waals surface area contributed by atoms with Crippen LogP contribution >= 0.6 is 11.8 Å². The third-order valence-corrected chi connectivity index (χ3v) is 5.74. The van der Waals surface area contributed by atoms with Gasteiger partial charge in [-0.1, -0.05) is 24.3 Å². The van der Waals surface area contributed by atoms with Crippen molar-refractivity contribution in [1.29, 1.82) is 0 Å². The van der Waals surface area contributed by atoms with Crippen molar-refractivity contribution in [3.8, 4) is 11.5 Å². The predicted molar refractivity (Wildman–Crippen MR) is 118 cm³/mol. The Morgan fingerprint density at radius 3 is 2.03 bits per heavy atom. The monoisotopic (exact) mass is 573 g/mol. The number of halogens is 10. The topological polar surface area (TPSA) is 41.5 Å². The summed E-state index contributed by atoms with van der Waals surface area (Å²) < 4.78 is 135. The van der Waals surface area contributed by atoms with Crippen LogP contribution in [0.4, 0.5) is 43.9 Å². The van der Waals surface area contributed by atoms with Crippen molar-refractivity contribution in [2.75, 3.05) is 6.54 Å². The average Bonchev–Trinajstić information content (AvgIpc) is 2.78. The number of aliphatic hydroxyl groups is 1. The lowest BCUT2D eigenvalue weighted by molar-refractivity contribution is -0.202. The summed E-state index contributed by atoms with van der Waals surface area (Å²) in [5, 5.41) is 11.6. The van der Waals surface area contributed by atoms with Gasteiger partial charge in [-0.25, -0.2) is 4.39 Å². The Labute approximate surface area is 213 Å². The summed E-state index contributed by atoms with van der Waals surface area (Å²) in [7, 11) is 0. The second kappa shape index (κ2) is 11.4. The smallest absolute Gasteiger partial charge is 0.446 e. The molecular formula is C24H17F10NO2S. The molecule has 0 heterocycles. The second-order valence-corrected chi connectivity index (χ2v) is 8.96. The molecule has 2 atom stereocenters. The zero-order chi connectivity index (χ0) is 28.3. The van der Waals surface area contributed by atoms with Crippen LogP contribution in [0, 0.1) is 5.82 Å². The number of aliphatic hydroxyl groups excluding tert-OH is 1. The SMILES string of the molecule is O[C@H](CN[C@H](c1ccc(Oc2cccc(SC(F)(F)F)c2)cc1)c1ccc(C(F)(F)F)cc1F)C(F)(F)F. The van der Waals surface area contributed by atoms with Crippen molar-refractivity contribution in [2.24, 2.45) is 0 Å². The molecular weight excluding hydrogens is 556 g/mol. The van der Waals surface area contributed by atoms with Crippen molar-refractivity contribution in [2.45, 2.75) is 34.9 Å². The van der Waals surface area contributed by atoms with E-state index in [-0.39, 0.29) is 39.8 Å². The average molecular weight is 573 g/mol. The molecule has 3 aromatic rings. The maximum Gasteiger partial charge on any atom is 0.446 e. The molecule has 14 heteroatoms. The number of nitrogens with one attached hydrogen (secondary N) is 1. The summed E-state index contributed by atoms with van der Waals surface area (Å²) in [5.41, 5.74) is -6.14. The minimum absolute atomic E-state index is 0.0451. The van der Waals surface area contributed by atoms with E-state index in [9.17, 15) is 49.0 Å². The lowest BCUT2D eigenvalue weighted by atomic mass is 9.96. The van der Waals surface area contributed by atoms with E-state index in [1.165, 1.54) is 42.5 Å². The Morgan fingerprint density at radius 2 is 1.47 bits per heavy atom. The first-order valence-corrected chi connectivity index (χ1v) is 11.3. The van der Waals surface area contributed by atoms with Gasteiger partial charge < -0.3 is 15.2 Å². The van der Waals surface area contributed by atoms with Crippen molar-refractivity contribution in [3.63, 3.8) is 0 Å². The second-order valence-electron chi connectivity index (χ2n) is 7.83. The highest BCUT2D eigenvalue weighted by molar-refractivity contribution is 8.00. The normalized spacial score (nSPS) is 14.3. The van der Waals surface area contributed by atoms with Gasteiger partial charge in [0.05, 0.1) is 11.6 Å². The van der Waals surface area contributed by atoms with Gasteiger partial charge in [0, 0.05) is 17.0 Å². The van der Waals surface area contributed by atoms with Crippen molar-refractivity contribution in [1.82, 2.24) is 5.32 Å². The molecule has 0 radical (unpaired) electrons. The maximum absolute atomic E-state index is 14.7. The van der Waals surface area contributed by atoms with E-state index in [0.717, 1.165) is 12.1 Å². The van der Waals surface area contributed by atoms with Gasteiger partial charge in [0.2, 0.25) is 0 Å². The highest BCUT2D eigenvalue weighted by Gasteiger charge is 2.38. The standard InChI is InChI=1S/C24H17F10NO2S/c25-19-10-14(22(26,27)28)6-9-18(19)21(35-12-20(36)23(29,30)31)13-4-7-15(8-5-13)37-16-2-1-3-17(11-16)38-24(32,33)34/h1-11,20-21,35-36H,12H2/t20-,21-/m1/s1. The summed E-state index contributed by atoms with van der Waals surface area (Å²) in [5.74, 6) is -1.20. The summed E-state index contributed by atoms with van der Waals surface area (Å²) in [6.45, 7) is -1.10. The minimum Gasteiger partial charge on any atom is -0.457 e. The van der Waals surface area contributed by atoms with Crippen LogP contribution in [-0.4, -0.2) is 29.4 Å². The first-order chi connectivity index (χ1) is 17.5. The quantitative estimate of drug-likeness (QED) is 0.213. The Bertz CT molecular complexity index is 1230. The van der Waals surface area contributed by atoms with Crippen LogP contribution in [0.2, 0.25) is 0 Å². The number of benzene rings is 3. The Kier molecular flexibility index (Phi) is 8.89. The Hall–Kier alpha value is -2.97. The molecule has 0 aliphatic rings. The molecule has 0 aliphatic carbocycles. The fourth-order valence-electron chi connectivity index (χ4n) is 3.29. The van der Waals surface area contributed by atoms with Crippen molar-refractivity contribution in [3.05, 3.63) is 89.2 Å². The van der Waals surface area contributed by atoms with Crippen molar-refractivity contribution >= 4 is 11.8 Å². The fraction of sp³-hybridized carbons (Fsp3) is 0.250. The molecule has 0 saturated heterocycles. The molecule has 2 N–H and O–H groups in total. The highest BCUT2D eigenvalue weighted by atomic mass is 32.2. The summed E-state index contributed by atoms with van der Waals surface area (Å²) in [6.07, 6.45) is -12.7. The number of hydrogen-bond donors (Lipinski definition) is 2. The van der Waals surface area contributed by atoms with Crippen LogP contribution in [0.15, 0.2) is 71.6 Å². The van der Waals surface area contributed by atoms with Gasteiger partial charge in [0.15, 0.2) is 6.10 Å². The molecule has 0 amide bonds. The van der Waals surface area contributed by atoms with Gasteiger partial charge in [0.1, 0.15) is 17.3 Å². The maximum atomic E-state index is 14.7. The molecule has 0 aromatic heterocycles. The Morgan fingerprint density at radius 1 is 0.816 bits per heavy atom. The molecule has 3 nitrogen and oxygen atoms in total. The van der Waals surface area contributed by atoms with Gasteiger partial charge in [-0.3, -0.25) is 0 Å². The number of ether oxygens (including phenoxy) is 1. The number of hydrogen-bond acceptors (Lipinski definition) is 4. The third kappa shape index (κ3) is 8.27. The number of thioether (sulfide) groups is 1. The van der Waals surface area contributed by atoms with E-state index < -0.39 is 53.5 Å². The molecule has 3 rings (SSSR count). The van der Waals surface area contributed by atoms with E-state index in [2.05, 4.69) is 5.32 Å². The van der Waals surface area contributed by atoms with Gasteiger partial charge in [-0.15, -0.1) is 0 Å². The van der Waals surface area contributed by atoms with Gasteiger partial charge in [-0.2, -0.15) is 39.5 Å². The van der Waals surface area contributed by atoms with E-state index >= 15 is 0 Å². The van der Waals surface area contributed by atoms with E-state index in [1.807, 2.05) is 0 Å². The molecule has 0 saturated carbocycles. The molecule has 0 unspecified atom stereocenters. The molecule has 0 fully saturated rings. The largest absolute Gasteiger partial charge is 0.457 e. The van der Waals surface area contributed by atoms with Gasteiger partial charge >= 0.3 is 17.9 Å². The van der Waals surface area contributed by atoms with E-state index in [4.69, 9.17) is 4.74 Å². The van der Waals surface area contributed by atoms with Crippen LogP contribution in [-0.2, 0) is 6.18 Å². The van der Waals surface area contributed by atoms with Crippen LogP contribution in [0.3, 0.4) is 0 Å². The van der Waals surface area contributed by atoms with Crippen LogP contribution in [0.25, 0.3) is 0 Å². The summed E-state index contributed by atoms with van der Waals surface area (Å²) in [4.78, 5) is -0.142. The lowest BCUT2D eigenvalue weighted by Gasteiger charge is -2.24. The zero-order valence-electron chi connectivity index (χ0n) is 18.8. The van der Waals surface area contributed by atoms with Crippen LogP contribution in [0.5, 0.6) is 11.5 Å². The molecule has 0 spiro atoms. The molecule has 0 bridgehead atoms. The van der Waals surface area contributed by atoms with Crippen molar-refractivity contribution < 1.29 is 53.7 Å². The first-order valence-electron chi connectivity index (χ1n) is 10.5. The fourth-order valence-corrected chi connectivity index (χ4v) is 3.88. The molecule has 206 valence electrons. The molecule has 38 heavy (non-hydrogen) atoms. The Balaban J connectivity index is 1.87. The molecule has 0 aliphatic heterocycles. The molecule has 3 aromatic carbocycles. The zero-order valence-corrected chi connectivity index (χ0v) is 19.6. The lowest BCUT2D eigenvalue weighted by Crippen LogP contribution is -2.40. The number of alkyl halides is 9. The van der Waals surface area contributed by atoms with Crippen LogP contribution < -0.4 is 10.1 Å². The van der Waals surface area contributed by atoms with Crippen LogP contribution in [0.1, 0.15) is 22.7 Å². The van der Waals surface area contributed by atoms with E-state index in [1.54, 1.807) is 0 Å².